The number of carboxylic acids is 2. The van der Waals surface area contributed by atoms with Crippen LogP contribution in [0, 0.1) is 0 Å². The van der Waals surface area contributed by atoms with E-state index in [1.54, 1.807) is 48.5 Å². The minimum atomic E-state index is -1.11. The molecule has 147 valence electrons. The van der Waals surface area contributed by atoms with Gasteiger partial charge in [0, 0.05) is 17.1 Å². The van der Waals surface area contributed by atoms with E-state index in [0.29, 0.717) is 10.8 Å². The first-order valence-corrected chi connectivity index (χ1v) is 8.28. The van der Waals surface area contributed by atoms with Crippen molar-refractivity contribution in [2.24, 2.45) is 0 Å². The van der Waals surface area contributed by atoms with Crippen LogP contribution in [0.1, 0.15) is 20.7 Å². The minimum Gasteiger partial charge on any atom is -0.507 e. The molecule has 0 heterocycles. The van der Waals surface area contributed by atoms with Crippen molar-refractivity contribution < 1.29 is 47.1 Å². The molecule has 1 radical (unpaired) electrons. The summed E-state index contributed by atoms with van der Waals surface area (Å²) in [6.45, 7) is 0. The molecule has 0 aliphatic heterocycles. The summed E-state index contributed by atoms with van der Waals surface area (Å²) in [7, 11) is 0. The molecule has 7 heteroatoms. The van der Waals surface area contributed by atoms with Crippen molar-refractivity contribution >= 4 is 33.5 Å². The number of hydrogen-bond acceptors (Lipinski definition) is 4. The van der Waals surface area contributed by atoms with E-state index in [1.807, 2.05) is 12.1 Å². The predicted octanol–water partition coefficient (Wildman–Crippen LogP) is 4.48. The van der Waals surface area contributed by atoms with E-state index in [-0.39, 0.29) is 39.7 Å². The standard InChI is InChI=1S/2C11H8O3.Mn/c2*12-9-6-5-7-3-1-2-4-8(7)10(9)11(13)14;/h2*1-6,12H,(H,13,14);. The fraction of sp³-hybridized carbons (Fsp3) is 0. The number of benzene rings is 4. The zero-order valence-corrected chi connectivity index (χ0v) is 16.1. The normalized spacial score (nSPS) is 9.93. The van der Waals surface area contributed by atoms with Crippen LogP contribution in [0.25, 0.3) is 21.5 Å². The molecule has 0 amide bonds. The average molecular weight is 431 g/mol. The monoisotopic (exact) mass is 431 g/mol. The van der Waals surface area contributed by atoms with Gasteiger partial charge in [0.1, 0.15) is 22.6 Å². The first-order valence-electron chi connectivity index (χ1n) is 8.28. The molecule has 0 saturated carbocycles. The third-order valence-corrected chi connectivity index (χ3v) is 4.24. The number of carbonyl (C=O) groups is 2. The number of aromatic carboxylic acids is 2. The maximum absolute atomic E-state index is 10.9. The number of fused-ring (bicyclic) bond motifs is 2. The zero-order valence-electron chi connectivity index (χ0n) is 14.9. The van der Waals surface area contributed by atoms with E-state index < -0.39 is 11.9 Å². The van der Waals surface area contributed by atoms with E-state index >= 15 is 0 Å². The molecule has 0 atom stereocenters. The van der Waals surface area contributed by atoms with Crippen LogP contribution in [-0.4, -0.2) is 32.4 Å². The summed E-state index contributed by atoms with van der Waals surface area (Å²) in [6.07, 6.45) is 0. The van der Waals surface area contributed by atoms with Gasteiger partial charge in [-0.3, -0.25) is 0 Å². The van der Waals surface area contributed by atoms with Crippen molar-refractivity contribution in [1.29, 1.82) is 0 Å². The Bertz CT molecular complexity index is 1110. The molecule has 0 spiro atoms. The van der Waals surface area contributed by atoms with Crippen LogP contribution >= 0.6 is 0 Å². The third-order valence-electron chi connectivity index (χ3n) is 4.24. The zero-order chi connectivity index (χ0) is 20.3. The molecule has 6 nitrogen and oxygen atoms in total. The van der Waals surface area contributed by atoms with Crippen LogP contribution in [0.15, 0.2) is 72.8 Å². The second-order valence-corrected chi connectivity index (χ2v) is 5.97. The Morgan fingerprint density at radius 3 is 1.24 bits per heavy atom. The average Bonchev–Trinajstić information content (AvgIpc) is 2.67. The molecule has 4 aromatic rings. The maximum atomic E-state index is 10.9. The number of phenols is 2. The van der Waals surface area contributed by atoms with Crippen molar-refractivity contribution in [3.05, 3.63) is 83.9 Å². The molecule has 29 heavy (non-hydrogen) atoms. The van der Waals surface area contributed by atoms with Crippen LogP contribution in [-0.2, 0) is 17.1 Å². The quantitative estimate of drug-likeness (QED) is 0.348. The van der Waals surface area contributed by atoms with Crippen molar-refractivity contribution in [2.75, 3.05) is 0 Å². The van der Waals surface area contributed by atoms with Gasteiger partial charge in [-0.05, 0) is 33.7 Å². The summed E-state index contributed by atoms with van der Waals surface area (Å²) < 4.78 is 0. The summed E-state index contributed by atoms with van der Waals surface area (Å²) in [5.41, 5.74) is -0.0776. The number of hydrogen-bond donors (Lipinski definition) is 4. The maximum Gasteiger partial charge on any atom is 0.340 e. The van der Waals surface area contributed by atoms with Crippen molar-refractivity contribution in [1.82, 2.24) is 0 Å². The van der Waals surface area contributed by atoms with Gasteiger partial charge in [0.2, 0.25) is 0 Å². The number of carboxylic acid groups (broad SMARTS) is 2. The van der Waals surface area contributed by atoms with Crippen LogP contribution in [0.5, 0.6) is 11.5 Å². The summed E-state index contributed by atoms with van der Waals surface area (Å²) in [5.74, 6) is -2.62. The Morgan fingerprint density at radius 1 is 0.552 bits per heavy atom. The minimum absolute atomic E-state index is 0. The molecule has 0 aliphatic carbocycles. The summed E-state index contributed by atoms with van der Waals surface area (Å²) in [4.78, 5) is 21.8. The summed E-state index contributed by atoms with van der Waals surface area (Å²) in [5, 5.41) is 39.3. The molecule has 0 fully saturated rings. The van der Waals surface area contributed by atoms with Gasteiger partial charge >= 0.3 is 11.9 Å². The van der Waals surface area contributed by atoms with Gasteiger partial charge < -0.3 is 20.4 Å². The molecule has 0 bridgehead atoms. The molecular formula is C22H16MnO6. The smallest absolute Gasteiger partial charge is 0.340 e. The molecule has 4 aromatic carbocycles. The van der Waals surface area contributed by atoms with E-state index in [2.05, 4.69) is 0 Å². The Hall–Kier alpha value is -3.54. The van der Waals surface area contributed by atoms with Crippen LogP contribution in [0.2, 0.25) is 0 Å². The van der Waals surface area contributed by atoms with Gasteiger partial charge in [-0.15, -0.1) is 0 Å². The number of aromatic hydroxyl groups is 2. The first kappa shape index (κ1) is 21.8. The van der Waals surface area contributed by atoms with Gasteiger partial charge in [0.15, 0.2) is 0 Å². The van der Waals surface area contributed by atoms with Crippen molar-refractivity contribution in [3.8, 4) is 11.5 Å². The molecule has 0 saturated heterocycles. The Balaban J connectivity index is 0.000000200. The Labute approximate surface area is 176 Å². The second-order valence-electron chi connectivity index (χ2n) is 5.97. The van der Waals surface area contributed by atoms with Crippen LogP contribution < -0.4 is 0 Å². The molecule has 4 N–H and O–H groups in total. The van der Waals surface area contributed by atoms with Gasteiger partial charge in [-0.1, -0.05) is 60.7 Å². The van der Waals surface area contributed by atoms with Gasteiger partial charge in [0.25, 0.3) is 0 Å². The van der Waals surface area contributed by atoms with Gasteiger partial charge in [-0.2, -0.15) is 0 Å². The largest absolute Gasteiger partial charge is 0.507 e. The fourth-order valence-corrected chi connectivity index (χ4v) is 2.97. The Morgan fingerprint density at radius 2 is 0.897 bits per heavy atom. The molecule has 4 rings (SSSR count). The van der Waals surface area contributed by atoms with E-state index in [0.717, 1.165) is 10.8 Å². The van der Waals surface area contributed by atoms with E-state index in [4.69, 9.17) is 10.2 Å². The second kappa shape index (κ2) is 9.10. The van der Waals surface area contributed by atoms with Gasteiger partial charge in [-0.25, -0.2) is 9.59 Å². The van der Waals surface area contributed by atoms with Crippen molar-refractivity contribution in [3.63, 3.8) is 0 Å². The molecule has 0 aromatic heterocycles. The third kappa shape index (κ3) is 4.48. The first-order chi connectivity index (χ1) is 13.4. The van der Waals surface area contributed by atoms with Gasteiger partial charge in [0.05, 0.1) is 0 Å². The predicted molar refractivity (Wildman–Crippen MR) is 105 cm³/mol. The summed E-state index contributed by atoms with van der Waals surface area (Å²) in [6, 6.07) is 20.3. The van der Waals surface area contributed by atoms with Crippen LogP contribution in [0.4, 0.5) is 0 Å². The molecular weight excluding hydrogens is 415 g/mol. The number of rotatable bonds is 2. The van der Waals surface area contributed by atoms with Crippen LogP contribution in [0.3, 0.4) is 0 Å². The molecule has 0 aliphatic rings. The Kier molecular flexibility index (Phi) is 6.83. The fourth-order valence-electron chi connectivity index (χ4n) is 2.97. The topological polar surface area (TPSA) is 115 Å². The van der Waals surface area contributed by atoms with E-state index in [9.17, 15) is 19.8 Å². The summed E-state index contributed by atoms with van der Waals surface area (Å²) >= 11 is 0. The SMILES string of the molecule is O=C(O)c1c(O)ccc2ccccc12.O=C(O)c1c(O)ccc2ccccc12.[Mn]. The molecule has 0 unspecified atom stereocenters. The van der Waals surface area contributed by atoms with Crippen molar-refractivity contribution in [2.45, 2.75) is 0 Å². The van der Waals surface area contributed by atoms with E-state index in [1.165, 1.54) is 12.1 Å².